The molecule has 2 aromatic rings. The van der Waals surface area contributed by atoms with Crippen LogP contribution in [0.3, 0.4) is 0 Å². The molecule has 0 saturated carbocycles. The van der Waals surface area contributed by atoms with E-state index in [1.165, 1.54) is 6.21 Å². The second-order valence-corrected chi connectivity index (χ2v) is 5.38. The average Bonchev–Trinajstić information content (AvgIpc) is 2.54. The molecule has 2 rings (SSSR count). The first-order chi connectivity index (χ1) is 11.5. The fraction of sp³-hybridized carbons (Fsp3) is 0.176. The van der Waals surface area contributed by atoms with Gasteiger partial charge >= 0.3 is 0 Å². The maximum absolute atomic E-state index is 11.8. The lowest BCUT2D eigenvalue weighted by Crippen LogP contribution is -2.25. The second-order valence-electron chi connectivity index (χ2n) is 4.98. The van der Waals surface area contributed by atoms with E-state index in [1.807, 2.05) is 12.1 Å². The SMILES string of the molecule is Cc1cc(C)c(C#N)c(OCC(=O)N/N=C/c2ccccc2Cl)n1. The Morgan fingerprint density at radius 2 is 2.21 bits per heavy atom. The molecule has 0 radical (unpaired) electrons. The van der Waals surface area contributed by atoms with Gasteiger partial charge in [-0.15, -0.1) is 0 Å². The third-order valence-electron chi connectivity index (χ3n) is 3.06. The molecule has 1 N–H and O–H groups in total. The van der Waals surface area contributed by atoms with Crippen LogP contribution in [0.4, 0.5) is 0 Å². The summed E-state index contributed by atoms with van der Waals surface area (Å²) in [7, 11) is 0. The fourth-order valence-corrected chi connectivity index (χ4v) is 2.15. The number of amides is 1. The third kappa shape index (κ3) is 4.54. The normalized spacial score (nSPS) is 10.4. The Morgan fingerprint density at radius 1 is 1.46 bits per heavy atom. The molecule has 0 aliphatic rings. The van der Waals surface area contributed by atoms with E-state index in [0.717, 1.165) is 5.56 Å². The van der Waals surface area contributed by atoms with Gasteiger partial charge in [-0.1, -0.05) is 29.8 Å². The molecular formula is C17H15ClN4O2. The second kappa shape index (κ2) is 8.09. The summed E-state index contributed by atoms with van der Waals surface area (Å²) in [6, 6.07) is 10.9. The van der Waals surface area contributed by atoms with Gasteiger partial charge in [0.15, 0.2) is 6.61 Å². The van der Waals surface area contributed by atoms with Gasteiger partial charge in [0.25, 0.3) is 5.91 Å². The topological polar surface area (TPSA) is 87.4 Å². The molecule has 0 aliphatic carbocycles. The van der Waals surface area contributed by atoms with Gasteiger partial charge in [-0.2, -0.15) is 10.4 Å². The zero-order valence-electron chi connectivity index (χ0n) is 13.2. The molecule has 1 aromatic carbocycles. The van der Waals surface area contributed by atoms with Crippen LogP contribution < -0.4 is 10.2 Å². The number of halogens is 1. The number of hydrogen-bond acceptors (Lipinski definition) is 5. The lowest BCUT2D eigenvalue weighted by atomic mass is 10.1. The number of nitrogens with zero attached hydrogens (tertiary/aromatic N) is 3. The summed E-state index contributed by atoms with van der Waals surface area (Å²) in [4.78, 5) is 15.9. The largest absolute Gasteiger partial charge is 0.467 e. The maximum atomic E-state index is 11.8. The minimum absolute atomic E-state index is 0.139. The van der Waals surface area contributed by atoms with E-state index in [9.17, 15) is 4.79 Å². The van der Waals surface area contributed by atoms with Crippen LogP contribution in [0.1, 0.15) is 22.4 Å². The van der Waals surface area contributed by atoms with Gasteiger partial charge in [0.05, 0.1) is 6.21 Å². The highest BCUT2D eigenvalue weighted by molar-refractivity contribution is 6.33. The van der Waals surface area contributed by atoms with Gasteiger partial charge in [0, 0.05) is 16.3 Å². The lowest BCUT2D eigenvalue weighted by molar-refractivity contribution is -0.123. The van der Waals surface area contributed by atoms with Crippen LogP contribution in [-0.2, 0) is 4.79 Å². The first-order valence-corrected chi connectivity index (χ1v) is 7.46. The van der Waals surface area contributed by atoms with Crippen molar-refractivity contribution in [3.05, 3.63) is 57.7 Å². The zero-order chi connectivity index (χ0) is 17.5. The van der Waals surface area contributed by atoms with Crippen molar-refractivity contribution >= 4 is 23.7 Å². The van der Waals surface area contributed by atoms with Crippen LogP contribution in [-0.4, -0.2) is 23.7 Å². The predicted molar refractivity (Wildman–Crippen MR) is 91.1 cm³/mol. The molecular weight excluding hydrogens is 328 g/mol. The minimum atomic E-state index is -0.469. The number of aryl methyl sites for hydroxylation is 2. The van der Waals surface area contributed by atoms with E-state index in [4.69, 9.17) is 21.6 Å². The molecule has 0 fully saturated rings. The Bertz CT molecular complexity index is 828. The van der Waals surface area contributed by atoms with E-state index in [0.29, 0.717) is 21.8 Å². The number of carbonyl (C=O) groups excluding carboxylic acids is 1. The molecule has 0 unspecified atom stereocenters. The number of carbonyl (C=O) groups is 1. The molecule has 6 nitrogen and oxygen atoms in total. The predicted octanol–water partition coefficient (Wildman–Crippen LogP) is 2.75. The quantitative estimate of drug-likeness (QED) is 0.668. The highest BCUT2D eigenvalue weighted by Crippen LogP contribution is 2.19. The van der Waals surface area contributed by atoms with Crippen molar-refractivity contribution in [1.29, 1.82) is 5.26 Å². The molecule has 0 saturated heterocycles. The summed E-state index contributed by atoms with van der Waals surface area (Å²) in [5, 5.41) is 13.5. The number of benzene rings is 1. The van der Waals surface area contributed by atoms with E-state index >= 15 is 0 Å². The molecule has 1 amide bonds. The molecule has 0 atom stereocenters. The van der Waals surface area contributed by atoms with Crippen LogP contribution in [0.2, 0.25) is 5.02 Å². The van der Waals surface area contributed by atoms with Crippen molar-refractivity contribution in [2.24, 2.45) is 5.10 Å². The summed E-state index contributed by atoms with van der Waals surface area (Å²) in [6.07, 6.45) is 1.44. The van der Waals surface area contributed by atoms with E-state index in [-0.39, 0.29) is 12.5 Å². The third-order valence-corrected chi connectivity index (χ3v) is 3.41. The van der Waals surface area contributed by atoms with E-state index in [2.05, 4.69) is 15.5 Å². The van der Waals surface area contributed by atoms with Crippen LogP contribution in [0.5, 0.6) is 5.88 Å². The Labute approximate surface area is 144 Å². The van der Waals surface area contributed by atoms with Crippen LogP contribution in [0.15, 0.2) is 35.4 Å². The maximum Gasteiger partial charge on any atom is 0.278 e. The Balaban J connectivity index is 1.95. The number of rotatable bonds is 5. The van der Waals surface area contributed by atoms with Crippen LogP contribution in [0, 0.1) is 25.2 Å². The number of hydrazone groups is 1. The molecule has 0 bridgehead atoms. The molecule has 1 heterocycles. The fourth-order valence-electron chi connectivity index (χ4n) is 1.96. The Morgan fingerprint density at radius 3 is 2.92 bits per heavy atom. The molecule has 0 aliphatic heterocycles. The zero-order valence-corrected chi connectivity index (χ0v) is 14.0. The summed E-state index contributed by atoms with van der Waals surface area (Å²) >= 11 is 5.98. The van der Waals surface area contributed by atoms with Crippen molar-refractivity contribution in [1.82, 2.24) is 10.4 Å². The number of aromatic nitrogens is 1. The summed E-state index contributed by atoms with van der Waals surface area (Å²) in [5.74, 6) is -0.330. The van der Waals surface area contributed by atoms with Gasteiger partial charge in [-0.3, -0.25) is 4.79 Å². The van der Waals surface area contributed by atoms with Gasteiger partial charge < -0.3 is 4.74 Å². The molecule has 24 heavy (non-hydrogen) atoms. The van der Waals surface area contributed by atoms with Crippen molar-refractivity contribution in [2.75, 3.05) is 6.61 Å². The van der Waals surface area contributed by atoms with Crippen molar-refractivity contribution < 1.29 is 9.53 Å². The van der Waals surface area contributed by atoms with Gasteiger partial charge in [0.2, 0.25) is 5.88 Å². The smallest absolute Gasteiger partial charge is 0.278 e. The standard InChI is InChI=1S/C17H15ClN4O2/c1-11-7-12(2)21-17(14(11)8-19)24-10-16(23)22-20-9-13-5-3-4-6-15(13)18/h3-7,9H,10H2,1-2H3,(H,22,23)/b20-9+. The number of ether oxygens (including phenoxy) is 1. The van der Waals surface area contributed by atoms with Gasteiger partial charge in [-0.25, -0.2) is 10.4 Å². The molecule has 1 aromatic heterocycles. The van der Waals surface area contributed by atoms with E-state index < -0.39 is 5.91 Å². The van der Waals surface area contributed by atoms with Crippen molar-refractivity contribution in [3.63, 3.8) is 0 Å². The van der Waals surface area contributed by atoms with Gasteiger partial charge in [-0.05, 0) is 31.5 Å². The highest BCUT2D eigenvalue weighted by Gasteiger charge is 2.11. The van der Waals surface area contributed by atoms with Crippen molar-refractivity contribution in [3.8, 4) is 11.9 Å². The van der Waals surface area contributed by atoms with Crippen LogP contribution >= 0.6 is 11.6 Å². The molecule has 122 valence electrons. The van der Waals surface area contributed by atoms with E-state index in [1.54, 1.807) is 38.1 Å². The first kappa shape index (κ1) is 17.4. The monoisotopic (exact) mass is 342 g/mol. The Hall–Kier alpha value is -2.91. The Kier molecular flexibility index (Phi) is 5.88. The number of nitrogens with one attached hydrogen (secondary N) is 1. The first-order valence-electron chi connectivity index (χ1n) is 7.09. The van der Waals surface area contributed by atoms with Crippen LogP contribution in [0.25, 0.3) is 0 Å². The number of hydrogen-bond donors (Lipinski definition) is 1. The average molecular weight is 343 g/mol. The minimum Gasteiger partial charge on any atom is -0.467 e. The summed E-state index contributed by atoms with van der Waals surface area (Å²) in [5.41, 5.74) is 4.78. The number of nitriles is 1. The van der Waals surface area contributed by atoms with Gasteiger partial charge in [0.1, 0.15) is 11.6 Å². The summed E-state index contributed by atoms with van der Waals surface area (Å²) < 4.78 is 5.33. The highest BCUT2D eigenvalue weighted by atomic mass is 35.5. The number of pyridine rings is 1. The summed E-state index contributed by atoms with van der Waals surface area (Å²) in [6.45, 7) is 3.27. The van der Waals surface area contributed by atoms with Crippen molar-refractivity contribution in [2.45, 2.75) is 13.8 Å². The lowest BCUT2D eigenvalue weighted by Gasteiger charge is -2.08. The molecule has 7 heteroatoms. The molecule has 0 spiro atoms.